The molecule has 0 amide bonds. The van der Waals surface area contributed by atoms with Crippen LogP contribution < -0.4 is 9.88 Å². The highest BCUT2D eigenvalue weighted by molar-refractivity contribution is 7.89. The van der Waals surface area contributed by atoms with Crippen LogP contribution in [-0.4, -0.2) is 28.2 Å². The van der Waals surface area contributed by atoms with Crippen LogP contribution in [0.4, 0.5) is 0 Å². The fraction of sp³-hybridized carbons (Fsp3) is 0.455. The summed E-state index contributed by atoms with van der Waals surface area (Å²) < 4.78 is 32.6. The first kappa shape index (κ1) is 14.0. The molecule has 0 saturated heterocycles. The summed E-state index contributed by atoms with van der Waals surface area (Å²) in [6.07, 6.45) is 0.796. The third-order valence-corrected chi connectivity index (χ3v) is 2.99. The zero-order chi connectivity index (χ0) is 12.7. The lowest BCUT2D eigenvalue weighted by Crippen LogP contribution is -2.11. The Labute approximate surface area is 102 Å². The first-order valence-corrected chi connectivity index (χ1v) is 6.92. The summed E-state index contributed by atoms with van der Waals surface area (Å²) in [6, 6.07) is 6.02. The van der Waals surface area contributed by atoms with E-state index in [0.717, 1.165) is 6.42 Å². The number of rotatable bonds is 7. The molecule has 0 aliphatic rings. The van der Waals surface area contributed by atoms with E-state index >= 15 is 0 Å². The Morgan fingerprint density at radius 2 is 1.82 bits per heavy atom. The monoisotopic (exact) mass is 259 g/mol. The molecular formula is C11H17NO4S. The van der Waals surface area contributed by atoms with Gasteiger partial charge in [0.2, 0.25) is 10.0 Å². The average molecular weight is 259 g/mol. The first-order valence-electron chi connectivity index (χ1n) is 5.37. The summed E-state index contributed by atoms with van der Waals surface area (Å²) in [5.41, 5.74) is 0. The van der Waals surface area contributed by atoms with Crippen molar-refractivity contribution in [1.29, 1.82) is 0 Å². The Bertz CT molecular complexity index is 427. The highest BCUT2D eigenvalue weighted by Gasteiger charge is 2.06. The summed E-state index contributed by atoms with van der Waals surface area (Å²) in [7, 11) is -3.63. The SMILES string of the molecule is CCOCCCOc1ccc(S(N)(=O)=O)cc1. The topological polar surface area (TPSA) is 78.6 Å². The molecule has 0 radical (unpaired) electrons. The summed E-state index contributed by atoms with van der Waals surface area (Å²) in [4.78, 5) is 0.0826. The highest BCUT2D eigenvalue weighted by Crippen LogP contribution is 2.14. The van der Waals surface area contributed by atoms with E-state index in [0.29, 0.717) is 25.6 Å². The number of benzene rings is 1. The molecule has 1 rings (SSSR count). The summed E-state index contributed by atoms with van der Waals surface area (Å²) in [5.74, 6) is 0.619. The molecular weight excluding hydrogens is 242 g/mol. The number of primary sulfonamides is 1. The zero-order valence-corrected chi connectivity index (χ0v) is 10.6. The normalized spacial score (nSPS) is 11.4. The molecule has 6 heteroatoms. The molecule has 0 atom stereocenters. The minimum atomic E-state index is -3.63. The number of nitrogens with two attached hydrogens (primary N) is 1. The van der Waals surface area contributed by atoms with Crippen molar-refractivity contribution >= 4 is 10.0 Å². The largest absolute Gasteiger partial charge is 0.494 e. The summed E-state index contributed by atoms with van der Waals surface area (Å²) in [5, 5.41) is 4.98. The van der Waals surface area contributed by atoms with Gasteiger partial charge in [-0.05, 0) is 31.2 Å². The molecule has 1 aromatic rings. The van der Waals surface area contributed by atoms with Gasteiger partial charge in [0.15, 0.2) is 0 Å². The van der Waals surface area contributed by atoms with Crippen LogP contribution in [0, 0.1) is 0 Å². The predicted molar refractivity (Wildman–Crippen MR) is 64.4 cm³/mol. The van der Waals surface area contributed by atoms with Crippen molar-refractivity contribution in [1.82, 2.24) is 0 Å². The lowest BCUT2D eigenvalue weighted by molar-refractivity contribution is 0.131. The van der Waals surface area contributed by atoms with E-state index in [1.807, 2.05) is 6.92 Å². The van der Waals surface area contributed by atoms with Gasteiger partial charge in [-0.15, -0.1) is 0 Å². The Morgan fingerprint density at radius 1 is 1.18 bits per heavy atom. The van der Waals surface area contributed by atoms with Crippen LogP contribution in [0.2, 0.25) is 0 Å². The minimum absolute atomic E-state index is 0.0826. The van der Waals surface area contributed by atoms with E-state index < -0.39 is 10.0 Å². The number of hydrogen-bond acceptors (Lipinski definition) is 4. The lowest BCUT2D eigenvalue weighted by atomic mass is 10.3. The fourth-order valence-electron chi connectivity index (χ4n) is 1.22. The van der Waals surface area contributed by atoms with E-state index in [9.17, 15) is 8.42 Å². The molecule has 0 unspecified atom stereocenters. The van der Waals surface area contributed by atoms with Crippen molar-refractivity contribution in [3.05, 3.63) is 24.3 Å². The number of sulfonamides is 1. The zero-order valence-electron chi connectivity index (χ0n) is 9.76. The van der Waals surface area contributed by atoms with Gasteiger partial charge in [0.25, 0.3) is 0 Å². The molecule has 17 heavy (non-hydrogen) atoms. The van der Waals surface area contributed by atoms with Crippen LogP contribution in [-0.2, 0) is 14.8 Å². The molecule has 0 spiro atoms. The Kier molecular flexibility index (Phi) is 5.40. The van der Waals surface area contributed by atoms with Crippen molar-refractivity contribution in [3.8, 4) is 5.75 Å². The number of ether oxygens (including phenoxy) is 2. The van der Waals surface area contributed by atoms with E-state index in [4.69, 9.17) is 14.6 Å². The molecule has 0 bridgehead atoms. The Hall–Kier alpha value is -1.11. The third-order valence-electron chi connectivity index (χ3n) is 2.06. The fourth-order valence-corrected chi connectivity index (χ4v) is 1.74. The van der Waals surface area contributed by atoms with Crippen LogP contribution in [0.3, 0.4) is 0 Å². The second-order valence-corrected chi connectivity index (χ2v) is 4.98. The molecule has 0 heterocycles. The number of hydrogen-bond donors (Lipinski definition) is 1. The molecule has 1 aromatic carbocycles. The average Bonchev–Trinajstić information content (AvgIpc) is 2.28. The van der Waals surface area contributed by atoms with Crippen molar-refractivity contribution in [2.24, 2.45) is 5.14 Å². The van der Waals surface area contributed by atoms with Gasteiger partial charge in [-0.2, -0.15) is 0 Å². The molecule has 96 valence electrons. The second kappa shape index (κ2) is 6.58. The van der Waals surface area contributed by atoms with Crippen molar-refractivity contribution < 1.29 is 17.9 Å². The maximum absolute atomic E-state index is 11.0. The van der Waals surface area contributed by atoms with Gasteiger partial charge < -0.3 is 9.47 Å². The summed E-state index contributed by atoms with van der Waals surface area (Å²) >= 11 is 0. The lowest BCUT2D eigenvalue weighted by Gasteiger charge is -2.06. The molecule has 0 fully saturated rings. The minimum Gasteiger partial charge on any atom is -0.494 e. The van der Waals surface area contributed by atoms with Gasteiger partial charge >= 0.3 is 0 Å². The Morgan fingerprint density at radius 3 is 2.35 bits per heavy atom. The summed E-state index contributed by atoms with van der Waals surface area (Å²) in [6.45, 7) is 3.83. The van der Waals surface area contributed by atoms with E-state index in [1.165, 1.54) is 12.1 Å². The highest BCUT2D eigenvalue weighted by atomic mass is 32.2. The van der Waals surface area contributed by atoms with E-state index in [-0.39, 0.29) is 4.90 Å². The molecule has 0 aromatic heterocycles. The van der Waals surface area contributed by atoms with Gasteiger partial charge in [0, 0.05) is 19.6 Å². The standard InChI is InChI=1S/C11H17NO4S/c1-2-15-8-3-9-16-10-4-6-11(7-5-10)17(12,13)14/h4-7H,2-3,8-9H2,1H3,(H2,12,13,14). The van der Waals surface area contributed by atoms with Crippen LogP contribution in [0.15, 0.2) is 29.2 Å². The maximum Gasteiger partial charge on any atom is 0.238 e. The van der Waals surface area contributed by atoms with Crippen molar-refractivity contribution in [3.63, 3.8) is 0 Å². The molecule has 2 N–H and O–H groups in total. The quantitative estimate of drug-likeness (QED) is 0.745. The van der Waals surface area contributed by atoms with Gasteiger partial charge in [-0.25, -0.2) is 13.6 Å². The smallest absolute Gasteiger partial charge is 0.238 e. The Balaban J connectivity index is 2.41. The first-order chi connectivity index (χ1) is 8.04. The third kappa shape index (κ3) is 5.16. The van der Waals surface area contributed by atoms with Crippen LogP contribution >= 0.6 is 0 Å². The second-order valence-electron chi connectivity index (χ2n) is 3.42. The molecule has 5 nitrogen and oxygen atoms in total. The molecule has 0 aliphatic carbocycles. The van der Waals surface area contributed by atoms with Gasteiger partial charge in [-0.3, -0.25) is 0 Å². The van der Waals surface area contributed by atoms with Crippen LogP contribution in [0.5, 0.6) is 5.75 Å². The van der Waals surface area contributed by atoms with Crippen LogP contribution in [0.1, 0.15) is 13.3 Å². The van der Waals surface area contributed by atoms with Gasteiger partial charge in [-0.1, -0.05) is 0 Å². The predicted octanol–water partition coefficient (Wildman–Crippen LogP) is 1.14. The van der Waals surface area contributed by atoms with Crippen molar-refractivity contribution in [2.45, 2.75) is 18.2 Å². The maximum atomic E-state index is 11.0. The molecule has 0 saturated carbocycles. The van der Waals surface area contributed by atoms with E-state index in [2.05, 4.69) is 0 Å². The van der Waals surface area contributed by atoms with Crippen LogP contribution in [0.25, 0.3) is 0 Å². The van der Waals surface area contributed by atoms with E-state index in [1.54, 1.807) is 12.1 Å². The van der Waals surface area contributed by atoms with Gasteiger partial charge in [0.1, 0.15) is 5.75 Å². The van der Waals surface area contributed by atoms with Gasteiger partial charge in [0.05, 0.1) is 11.5 Å². The molecule has 0 aliphatic heterocycles. The van der Waals surface area contributed by atoms with Crippen molar-refractivity contribution in [2.75, 3.05) is 19.8 Å².